The fourth-order valence-electron chi connectivity index (χ4n) is 3.85. The maximum Gasteiger partial charge on any atom is 1.00 e. The van der Waals surface area contributed by atoms with Crippen molar-refractivity contribution in [2.45, 2.75) is 0 Å². The van der Waals surface area contributed by atoms with Crippen LogP contribution >= 0.6 is 31.7 Å². The van der Waals surface area contributed by atoms with Crippen molar-refractivity contribution in [2.24, 2.45) is 0 Å². The van der Waals surface area contributed by atoms with E-state index in [9.17, 15) is 0 Å². The zero-order chi connectivity index (χ0) is 25.6. The summed E-state index contributed by atoms with van der Waals surface area (Å²) in [6.07, 6.45) is 5.37. The van der Waals surface area contributed by atoms with E-state index in [1.807, 2.05) is 0 Å². The maximum absolute atomic E-state index is 2.40. The van der Waals surface area contributed by atoms with Crippen molar-refractivity contribution in [2.75, 3.05) is 51.3 Å². The van der Waals surface area contributed by atoms with E-state index in [0.29, 0.717) is 0 Å². The fourth-order valence-corrected chi connectivity index (χ4v) is 12.4. The zero-order valence-electron chi connectivity index (χ0n) is 22.8. The molecular formula is C32H40AuIP4. The minimum atomic E-state index is 0. The summed E-state index contributed by atoms with van der Waals surface area (Å²) in [4.78, 5) is 0. The standard InChI is InChI=1S/2C16H20P2.Au.HI/c2*1-17(15-9-5-3-6-10-15)13-14-18(2)16-11-7-4-8-12-16;;/h2*3-12H,13-14H2,1-2H3;;1H/q;;+1;/p-1. The summed E-state index contributed by atoms with van der Waals surface area (Å²) in [6.45, 7) is 9.61. The normalized spacial score (nSPS) is 13.4. The van der Waals surface area contributed by atoms with Crippen molar-refractivity contribution in [3.8, 4) is 0 Å². The Balaban J connectivity index is 0.000000361. The first-order valence-electron chi connectivity index (χ1n) is 12.6. The predicted molar refractivity (Wildman–Crippen MR) is 175 cm³/mol. The second-order valence-corrected chi connectivity index (χ2v) is 18.5. The monoisotopic (exact) mass is 872 g/mol. The molecule has 0 radical (unpaired) electrons. The predicted octanol–water partition coefficient (Wildman–Crippen LogP) is 4.72. The number of benzene rings is 4. The molecule has 0 amide bonds. The third-order valence-corrected chi connectivity index (χ3v) is 15.3. The molecule has 38 heavy (non-hydrogen) atoms. The van der Waals surface area contributed by atoms with E-state index in [4.69, 9.17) is 0 Å². The summed E-state index contributed by atoms with van der Waals surface area (Å²) in [6, 6.07) is 43.8. The summed E-state index contributed by atoms with van der Waals surface area (Å²) in [5, 5.41) is 6.13. The topological polar surface area (TPSA) is 0 Å². The number of hydrogen-bond acceptors (Lipinski definition) is 0. The zero-order valence-corrected chi connectivity index (χ0v) is 30.7. The molecule has 0 aliphatic rings. The number of hydrogen-bond donors (Lipinski definition) is 0. The first-order chi connectivity index (χ1) is 17.5. The molecule has 4 unspecified atom stereocenters. The van der Waals surface area contributed by atoms with Crippen molar-refractivity contribution in [1.29, 1.82) is 0 Å². The second kappa shape index (κ2) is 20.9. The molecule has 0 saturated heterocycles. The van der Waals surface area contributed by atoms with Gasteiger partial charge < -0.3 is 24.0 Å². The van der Waals surface area contributed by atoms with Gasteiger partial charge in [-0.1, -0.05) is 153 Å². The van der Waals surface area contributed by atoms with E-state index in [1.165, 1.54) is 45.9 Å². The van der Waals surface area contributed by atoms with Crippen LogP contribution in [0.2, 0.25) is 0 Å². The average molecular weight is 872 g/mol. The molecule has 4 aromatic rings. The molecule has 0 spiro atoms. The van der Waals surface area contributed by atoms with Gasteiger partial charge in [0.1, 0.15) is 0 Å². The molecule has 4 atom stereocenters. The van der Waals surface area contributed by atoms with Crippen LogP contribution in [0.25, 0.3) is 0 Å². The SMILES string of the molecule is CP(CCP(C)c1ccccc1)c1ccccc1.CP(CCP(C)c1ccccc1)c1ccccc1.[Au+].[I-]. The minimum Gasteiger partial charge on any atom is -1.00 e. The Morgan fingerprint density at radius 2 is 0.500 bits per heavy atom. The van der Waals surface area contributed by atoms with Crippen molar-refractivity contribution in [3.05, 3.63) is 121 Å². The van der Waals surface area contributed by atoms with Gasteiger partial charge in [0, 0.05) is 0 Å². The van der Waals surface area contributed by atoms with Gasteiger partial charge in [0.15, 0.2) is 0 Å². The molecule has 206 valence electrons. The smallest absolute Gasteiger partial charge is 1.00 e. The van der Waals surface area contributed by atoms with Crippen molar-refractivity contribution in [3.63, 3.8) is 0 Å². The summed E-state index contributed by atoms with van der Waals surface area (Å²) in [5.41, 5.74) is 0. The summed E-state index contributed by atoms with van der Waals surface area (Å²) in [5.74, 6) is 0. The summed E-state index contributed by atoms with van der Waals surface area (Å²) >= 11 is 0. The van der Waals surface area contributed by atoms with Crippen LogP contribution in [0.5, 0.6) is 0 Å². The maximum atomic E-state index is 2.40. The van der Waals surface area contributed by atoms with Gasteiger partial charge in [-0.25, -0.2) is 0 Å². The van der Waals surface area contributed by atoms with Gasteiger partial charge in [-0.3, -0.25) is 0 Å². The first kappa shape index (κ1) is 36.1. The minimum absolute atomic E-state index is 0. The van der Waals surface area contributed by atoms with Gasteiger partial charge in [-0.05, 0) is 72.5 Å². The van der Waals surface area contributed by atoms with E-state index in [2.05, 4.69) is 148 Å². The summed E-state index contributed by atoms with van der Waals surface area (Å²) < 4.78 is 0. The Labute approximate surface area is 269 Å². The molecule has 0 saturated carbocycles. The van der Waals surface area contributed by atoms with Crippen LogP contribution in [-0.2, 0) is 22.4 Å². The molecule has 4 rings (SSSR count). The molecule has 0 nitrogen and oxygen atoms in total. The molecule has 0 aliphatic carbocycles. The van der Waals surface area contributed by atoms with Crippen LogP contribution in [-0.4, -0.2) is 51.3 Å². The summed E-state index contributed by atoms with van der Waals surface area (Å²) in [7, 11) is 0.0706. The number of rotatable bonds is 10. The molecule has 0 heterocycles. The van der Waals surface area contributed by atoms with Gasteiger partial charge in [0.2, 0.25) is 0 Å². The van der Waals surface area contributed by atoms with Crippen molar-refractivity contribution >= 4 is 52.9 Å². The van der Waals surface area contributed by atoms with Crippen molar-refractivity contribution in [1.82, 2.24) is 0 Å². The van der Waals surface area contributed by atoms with Gasteiger partial charge >= 0.3 is 22.4 Å². The molecular weight excluding hydrogens is 832 g/mol. The van der Waals surface area contributed by atoms with E-state index in [0.717, 1.165) is 0 Å². The molecule has 0 fully saturated rings. The van der Waals surface area contributed by atoms with Crippen LogP contribution in [0.1, 0.15) is 0 Å². The van der Waals surface area contributed by atoms with Crippen LogP contribution in [0.3, 0.4) is 0 Å². The largest absolute Gasteiger partial charge is 1.00 e. The van der Waals surface area contributed by atoms with Crippen LogP contribution in [0.15, 0.2) is 121 Å². The van der Waals surface area contributed by atoms with Crippen molar-refractivity contribution < 1.29 is 46.4 Å². The molecule has 6 heteroatoms. The van der Waals surface area contributed by atoms with Crippen LogP contribution in [0.4, 0.5) is 0 Å². The first-order valence-corrected chi connectivity index (χ1v) is 20.5. The van der Waals surface area contributed by atoms with Gasteiger partial charge in [-0.15, -0.1) is 0 Å². The van der Waals surface area contributed by atoms with Gasteiger partial charge in [-0.2, -0.15) is 0 Å². The van der Waals surface area contributed by atoms with Crippen LogP contribution in [0, 0.1) is 0 Å². The Bertz CT molecular complexity index is 919. The van der Waals surface area contributed by atoms with Gasteiger partial charge in [0.25, 0.3) is 0 Å². The number of halogens is 1. The van der Waals surface area contributed by atoms with E-state index < -0.39 is 0 Å². The third-order valence-electron chi connectivity index (χ3n) is 6.33. The van der Waals surface area contributed by atoms with Crippen LogP contribution < -0.4 is 45.2 Å². The fraction of sp³-hybridized carbons (Fsp3) is 0.250. The Kier molecular flexibility index (Phi) is 19.8. The Hall–Kier alpha value is 0.0703. The van der Waals surface area contributed by atoms with E-state index in [-0.39, 0.29) is 78.0 Å². The second-order valence-electron chi connectivity index (χ2n) is 9.03. The Morgan fingerprint density at radius 1 is 0.342 bits per heavy atom. The van der Waals surface area contributed by atoms with E-state index >= 15 is 0 Å². The molecule has 0 aromatic heterocycles. The van der Waals surface area contributed by atoms with E-state index in [1.54, 1.807) is 0 Å². The molecule has 0 N–H and O–H groups in total. The quantitative estimate of drug-likeness (QED) is 0.123. The average Bonchev–Trinajstić information content (AvgIpc) is 2.96. The molecule has 0 bridgehead atoms. The molecule has 0 aliphatic heterocycles. The Morgan fingerprint density at radius 3 is 0.658 bits per heavy atom. The third kappa shape index (κ3) is 13.2. The van der Waals surface area contributed by atoms with Gasteiger partial charge in [0.05, 0.1) is 0 Å². The molecule has 4 aromatic carbocycles.